The second-order valence-corrected chi connectivity index (χ2v) is 7.25. The molecule has 2 aromatic rings. The van der Waals surface area contributed by atoms with E-state index in [1.165, 1.54) is 0 Å². The second-order valence-electron chi connectivity index (χ2n) is 7.25. The van der Waals surface area contributed by atoms with E-state index in [-0.39, 0.29) is 24.2 Å². The maximum Gasteiger partial charge on any atom is 0.242 e. The third-order valence-electron chi connectivity index (χ3n) is 4.42. The summed E-state index contributed by atoms with van der Waals surface area (Å²) in [4.78, 5) is 24.8. The predicted molar refractivity (Wildman–Crippen MR) is 106 cm³/mol. The van der Waals surface area contributed by atoms with Crippen molar-refractivity contribution in [2.45, 2.75) is 53.1 Å². The Bertz CT molecular complexity index is 753. The van der Waals surface area contributed by atoms with Gasteiger partial charge in [0.1, 0.15) is 6.04 Å². The highest BCUT2D eigenvalue weighted by atomic mass is 16.2. The van der Waals surface area contributed by atoms with Crippen LogP contribution in [0.3, 0.4) is 0 Å². The lowest BCUT2D eigenvalue weighted by Gasteiger charge is -2.22. The molecule has 6 heteroatoms. The zero-order valence-electron chi connectivity index (χ0n) is 16.7. The Morgan fingerprint density at radius 3 is 2.44 bits per heavy atom. The second kappa shape index (κ2) is 9.90. The molecule has 2 N–H and O–H groups in total. The molecule has 2 rings (SSSR count). The fourth-order valence-electron chi connectivity index (χ4n) is 2.99. The Balaban J connectivity index is 1.79. The average Bonchev–Trinajstić information content (AvgIpc) is 2.94. The smallest absolute Gasteiger partial charge is 0.242 e. The zero-order chi connectivity index (χ0) is 19.8. The standard InChI is InChI=1S/C21H30N4O2/c1-15(2)20(23-19(26)14-18-9-6-5-7-10-18)21(27)22-11-8-12-25-17(4)13-16(3)24-25/h5-7,9-10,13,15,20H,8,11-12,14H2,1-4H3,(H,22,27)(H,23,26)/t20-/m0/s1. The van der Waals surface area contributed by atoms with E-state index < -0.39 is 6.04 Å². The molecule has 0 unspecified atom stereocenters. The Labute approximate surface area is 161 Å². The molecule has 0 bridgehead atoms. The van der Waals surface area contributed by atoms with Gasteiger partial charge >= 0.3 is 0 Å². The Morgan fingerprint density at radius 2 is 1.85 bits per heavy atom. The van der Waals surface area contributed by atoms with E-state index in [9.17, 15) is 9.59 Å². The molecule has 0 radical (unpaired) electrons. The highest BCUT2D eigenvalue weighted by Gasteiger charge is 2.23. The van der Waals surface area contributed by atoms with Crippen molar-refractivity contribution in [3.63, 3.8) is 0 Å². The van der Waals surface area contributed by atoms with Gasteiger partial charge in [-0.25, -0.2) is 0 Å². The van der Waals surface area contributed by atoms with Crippen LogP contribution >= 0.6 is 0 Å². The van der Waals surface area contributed by atoms with Crippen molar-refractivity contribution in [3.05, 3.63) is 53.3 Å². The molecule has 0 saturated heterocycles. The third-order valence-corrected chi connectivity index (χ3v) is 4.42. The van der Waals surface area contributed by atoms with Crippen LogP contribution in [0.15, 0.2) is 36.4 Å². The van der Waals surface area contributed by atoms with Gasteiger partial charge in [-0.1, -0.05) is 44.2 Å². The lowest BCUT2D eigenvalue weighted by atomic mass is 10.0. The maximum atomic E-state index is 12.5. The number of hydrogen-bond acceptors (Lipinski definition) is 3. The first-order valence-corrected chi connectivity index (χ1v) is 9.49. The SMILES string of the molecule is Cc1cc(C)n(CCCNC(=O)[C@@H](NC(=O)Cc2ccccc2)C(C)C)n1. The lowest BCUT2D eigenvalue weighted by Crippen LogP contribution is -2.50. The number of nitrogens with one attached hydrogen (secondary N) is 2. The molecule has 0 aliphatic carbocycles. The van der Waals surface area contributed by atoms with E-state index in [0.29, 0.717) is 6.54 Å². The summed E-state index contributed by atoms with van der Waals surface area (Å²) < 4.78 is 1.95. The molecule has 0 aliphatic heterocycles. The first kappa shape index (κ1) is 20.7. The number of carbonyl (C=O) groups excluding carboxylic acids is 2. The van der Waals surface area contributed by atoms with Gasteiger partial charge in [0.15, 0.2) is 0 Å². The normalized spacial score (nSPS) is 12.0. The maximum absolute atomic E-state index is 12.5. The van der Waals surface area contributed by atoms with Crippen molar-refractivity contribution in [2.24, 2.45) is 5.92 Å². The van der Waals surface area contributed by atoms with E-state index in [1.54, 1.807) is 0 Å². The summed E-state index contributed by atoms with van der Waals surface area (Å²) >= 11 is 0. The van der Waals surface area contributed by atoms with Gasteiger partial charge < -0.3 is 10.6 Å². The molecule has 6 nitrogen and oxygen atoms in total. The van der Waals surface area contributed by atoms with E-state index in [0.717, 1.165) is 29.9 Å². The molecule has 146 valence electrons. The van der Waals surface area contributed by atoms with Crippen LogP contribution in [-0.2, 0) is 22.6 Å². The monoisotopic (exact) mass is 370 g/mol. The van der Waals surface area contributed by atoms with Gasteiger partial charge in [0.25, 0.3) is 0 Å². The minimum absolute atomic E-state index is 0.0146. The molecule has 1 aromatic heterocycles. The number of benzene rings is 1. The molecule has 0 fully saturated rings. The summed E-state index contributed by atoms with van der Waals surface area (Å²) in [7, 11) is 0. The molecule has 1 aromatic carbocycles. The largest absolute Gasteiger partial charge is 0.354 e. The molecule has 2 amide bonds. The molecule has 27 heavy (non-hydrogen) atoms. The number of rotatable bonds is 9. The van der Waals surface area contributed by atoms with Crippen LogP contribution in [0.1, 0.15) is 37.2 Å². The molecule has 1 atom stereocenters. The third kappa shape index (κ3) is 6.55. The van der Waals surface area contributed by atoms with Gasteiger partial charge in [-0.15, -0.1) is 0 Å². The Kier molecular flexibility index (Phi) is 7.58. The molecular formula is C21H30N4O2. The van der Waals surface area contributed by atoms with Crippen molar-refractivity contribution in [2.75, 3.05) is 6.54 Å². The summed E-state index contributed by atoms with van der Waals surface area (Å²) in [5.41, 5.74) is 3.05. The topological polar surface area (TPSA) is 76.0 Å². The van der Waals surface area contributed by atoms with Gasteiger partial charge in [-0.3, -0.25) is 14.3 Å². The van der Waals surface area contributed by atoms with E-state index >= 15 is 0 Å². The average molecular weight is 370 g/mol. The van der Waals surface area contributed by atoms with Gasteiger partial charge in [0.2, 0.25) is 11.8 Å². The number of hydrogen-bond donors (Lipinski definition) is 2. The van der Waals surface area contributed by atoms with Crippen LogP contribution < -0.4 is 10.6 Å². The van der Waals surface area contributed by atoms with Crippen LogP contribution in [0.25, 0.3) is 0 Å². The first-order valence-electron chi connectivity index (χ1n) is 9.49. The molecular weight excluding hydrogens is 340 g/mol. The van der Waals surface area contributed by atoms with Crippen molar-refractivity contribution in [3.8, 4) is 0 Å². The fraction of sp³-hybridized carbons (Fsp3) is 0.476. The van der Waals surface area contributed by atoms with Crippen LogP contribution in [-0.4, -0.2) is 34.2 Å². The number of amides is 2. The highest BCUT2D eigenvalue weighted by molar-refractivity contribution is 5.88. The van der Waals surface area contributed by atoms with Crippen molar-refractivity contribution in [1.29, 1.82) is 0 Å². The Morgan fingerprint density at radius 1 is 1.15 bits per heavy atom. The first-order chi connectivity index (χ1) is 12.9. The summed E-state index contributed by atoms with van der Waals surface area (Å²) in [5, 5.41) is 10.2. The molecule has 0 aliphatic rings. The van der Waals surface area contributed by atoms with Gasteiger partial charge in [-0.05, 0) is 37.8 Å². The van der Waals surface area contributed by atoms with Crippen LogP contribution in [0.4, 0.5) is 0 Å². The number of aryl methyl sites for hydroxylation is 3. The predicted octanol–water partition coefficient (Wildman–Crippen LogP) is 2.39. The molecule has 0 spiro atoms. The van der Waals surface area contributed by atoms with E-state index in [2.05, 4.69) is 15.7 Å². The van der Waals surface area contributed by atoms with E-state index in [1.807, 2.05) is 68.8 Å². The van der Waals surface area contributed by atoms with Crippen molar-refractivity contribution in [1.82, 2.24) is 20.4 Å². The van der Waals surface area contributed by atoms with Crippen molar-refractivity contribution < 1.29 is 9.59 Å². The van der Waals surface area contributed by atoms with Gasteiger partial charge in [-0.2, -0.15) is 5.10 Å². The van der Waals surface area contributed by atoms with Crippen molar-refractivity contribution >= 4 is 11.8 Å². The minimum atomic E-state index is -0.533. The lowest BCUT2D eigenvalue weighted by molar-refractivity contribution is -0.129. The number of carbonyl (C=O) groups is 2. The summed E-state index contributed by atoms with van der Waals surface area (Å²) in [6.45, 7) is 9.17. The Hall–Kier alpha value is -2.63. The summed E-state index contributed by atoms with van der Waals surface area (Å²) in [6, 6.07) is 11.0. The van der Waals surface area contributed by atoms with Crippen LogP contribution in [0.5, 0.6) is 0 Å². The van der Waals surface area contributed by atoms with Gasteiger partial charge in [0, 0.05) is 18.8 Å². The fourth-order valence-corrected chi connectivity index (χ4v) is 2.99. The molecule has 1 heterocycles. The number of aromatic nitrogens is 2. The van der Waals surface area contributed by atoms with Crippen LogP contribution in [0, 0.1) is 19.8 Å². The summed E-state index contributed by atoms with van der Waals surface area (Å²) in [5.74, 6) is -0.266. The number of nitrogens with zero attached hydrogens (tertiary/aromatic N) is 2. The molecule has 0 saturated carbocycles. The summed E-state index contributed by atoms with van der Waals surface area (Å²) in [6.07, 6.45) is 1.06. The van der Waals surface area contributed by atoms with Gasteiger partial charge in [0.05, 0.1) is 12.1 Å². The zero-order valence-corrected chi connectivity index (χ0v) is 16.7. The quantitative estimate of drug-likeness (QED) is 0.666. The minimum Gasteiger partial charge on any atom is -0.354 e. The highest BCUT2D eigenvalue weighted by Crippen LogP contribution is 2.05. The van der Waals surface area contributed by atoms with E-state index in [4.69, 9.17) is 0 Å². The van der Waals surface area contributed by atoms with Crippen LogP contribution in [0.2, 0.25) is 0 Å².